The molecule has 3 N–H and O–H groups in total. The Morgan fingerprint density at radius 1 is 1.07 bits per heavy atom. The lowest BCUT2D eigenvalue weighted by Gasteiger charge is -2.35. The molecule has 1 aromatic carbocycles. The zero-order valence-electron chi connectivity index (χ0n) is 23.6. The van der Waals surface area contributed by atoms with E-state index >= 15 is 0 Å². The van der Waals surface area contributed by atoms with Gasteiger partial charge in [0.05, 0.1) is 12.1 Å². The number of nitrogens with zero attached hydrogens (tertiary/aromatic N) is 4. The number of fused-ring (bicyclic) bond motifs is 1. The molecule has 0 saturated carbocycles. The number of aliphatic carboxylic acids is 1. The maximum absolute atomic E-state index is 13.4. The molecule has 5 amide bonds. The minimum Gasteiger partial charge on any atom is -0.483 e. The van der Waals surface area contributed by atoms with E-state index in [1.54, 1.807) is 31.2 Å². The molecule has 15 nitrogen and oxygen atoms in total. The first-order valence-electron chi connectivity index (χ1n) is 13.9. The highest BCUT2D eigenvalue weighted by atomic mass is 16.6. The zero-order valence-corrected chi connectivity index (χ0v) is 23.6. The number of carbonyl (C=O) groups is 6. The minimum atomic E-state index is -1.24. The Morgan fingerprint density at radius 2 is 1.77 bits per heavy atom. The molecule has 2 saturated heterocycles. The highest BCUT2D eigenvalue weighted by Crippen LogP contribution is 2.26. The second kappa shape index (κ2) is 13.9. The molecule has 1 aromatic heterocycles. The molecule has 43 heavy (non-hydrogen) atoms. The van der Waals surface area contributed by atoms with E-state index in [0.29, 0.717) is 10.9 Å². The molecular weight excluding hydrogens is 566 g/mol. The van der Waals surface area contributed by atoms with Crippen molar-refractivity contribution in [3.8, 4) is 5.75 Å². The van der Waals surface area contributed by atoms with Gasteiger partial charge in [0.25, 0.3) is 17.7 Å². The van der Waals surface area contributed by atoms with Crippen LogP contribution in [0.3, 0.4) is 0 Å². The zero-order chi connectivity index (χ0) is 31.1. The van der Waals surface area contributed by atoms with Gasteiger partial charge in [-0.3, -0.25) is 28.9 Å². The standard InChI is InChI=1S/C28H33N5O10/c1-2-42-28(41)32-13-11-31(12-14-32)26(39)19(7-8-24(36)37)30-25(38)20-15-22(17-5-3-4-6-18(17)29-20)43-16-23(35)33-10-9-21(34)27(33)40/h3-6,15,19,21,34H,2,7-14,16H2,1H3,(H,30,38)(H,36,37). The summed E-state index contributed by atoms with van der Waals surface area (Å²) >= 11 is 0. The van der Waals surface area contributed by atoms with Gasteiger partial charge in [0.1, 0.15) is 23.6 Å². The van der Waals surface area contributed by atoms with E-state index < -0.39 is 54.4 Å². The average Bonchev–Trinajstić information content (AvgIpc) is 3.34. The largest absolute Gasteiger partial charge is 0.483 e. The number of carboxylic acid groups (broad SMARTS) is 1. The number of aliphatic hydroxyl groups excluding tert-OH is 1. The van der Waals surface area contributed by atoms with Gasteiger partial charge in [-0.15, -0.1) is 0 Å². The quantitative estimate of drug-likeness (QED) is 0.332. The Balaban J connectivity index is 1.49. The van der Waals surface area contributed by atoms with Gasteiger partial charge < -0.3 is 34.8 Å². The number of likely N-dealkylation sites (tertiary alicyclic amines) is 1. The fourth-order valence-electron chi connectivity index (χ4n) is 4.81. The molecule has 2 aromatic rings. The van der Waals surface area contributed by atoms with Crippen LogP contribution in [0.1, 0.15) is 36.7 Å². The topological polar surface area (TPSA) is 196 Å². The lowest BCUT2D eigenvalue weighted by atomic mass is 10.1. The maximum atomic E-state index is 13.4. The fourth-order valence-corrected chi connectivity index (χ4v) is 4.81. The Kier molecular flexibility index (Phi) is 10.1. The fraction of sp³-hybridized carbons (Fsp3) is 0.464. The number of nitrogens with one attached hydrogen (secondary N) is 1. The minimum absolute atomic E-state index is 0.0660. The number of hydrogen-bond donors (Lipinski definition) is 3. The van der Waals surface area contributed by atoms with E-state index in [0.717, 1.165) is 4.90 Å². The molecular formula is C28H33N5O10. The number of ether oxygens (including phenoxy) is 2. The number of aliphatic hydroxyl groups is 1. The van der Waals surface area contributed by atoms with E-state index in [1.807, 2.05) is 0 Å². The normalized spacial score (nSPS) is 17.5. The Bertz CT molecular complexity index is 1410. The molecule has 2 fully saturated rings. The van der Waals surface area contributed by atoms with E-state index in [9.17, 15) is 39.0 Å². The number of aromatic nitrogens is 1. The van der Waals surface area contributed by atoms with Gasteiger partial charge >= 0.3 is 12.1 Å². The van der Waals surface area contributed by atoms with Crippen LogP contribution >= 0.6 is 0 Å². The molecule has 2 aliphatic heterocycles. The first kappa shape index (κ1) is 31.2. The van der Waals surface area contributed by atoms with Crippen LogP contribution in [0.15, 0.2) is 30.3 Å². The van der Waals surface area contributed by atoms with Crippen LogP contribution in [0.4, 0.5) is 4.79 Å². The van der Waals surface area contributed by atoms with Crippen molar-refractivity contribution >= 4 is 46.6 Å². The van der Waals surface area contributed by atoms with Crippen molar-refractivity contribution in [1.82, 2.24) is 25.0 Å². The number of pyridine rings is 1. The summed E-state index contributed by atoms with van der Waals surface area (Å²) in [7, 11) is 0. The number of carboxylic acids is 1. The first-order chi connectivity index (χ1) is 20.6. The number of rotatable bonds is 10. The van der Waals surface area contributed by atoms with Gasteiger partial charge in [-0.1, -0.05) is 12.1 Å². The van der Waals surface area contributed by atoms with Crippen molar-refractivity contribution in [2.75, 3.05) is 45.9 Å². The van der Waals surface area contributed by atoms with Crippen LogP contribution in [-0.2, 0) is 23.9 Å². The maximum Gasteiger partial charge on any atom is 0.409 e. The molecule has 0 spiro atoms. The van der Waals surface area contributed by atoms with Gasteiger partial charge in [0.2, 0.25) is 5.91 Å². The van der Waals surface area contributed by atoms with Gasteiger partial charge in [0, 0.05) is 57.0 Å². The molecule has 0 bridgehead atoms. The summed E-state index contributed by atoms with van der Waals surface area (Å²) in [5.41, 5.74) is 0.211. The van der Waals surface area contributed by atoms with E-state index in [1.165, 1.54) is 15.9 Å². The smallest absolute Gasteiger partial charge is 0.409 e. The monoisotopic (exact) mass is 599 g/mol. The number of hydrogen-bond acceptors (Lipinski definition) is 10. The molecule has 0 radical (unpaired) electrons. The second-order valence-electron chi connectivity index (χ2n) is 9.97. The van der Waals surface area contributed by atoms with Crippen LogP contribution < -0.4 is 10.1 Å². The lowest BCUT2D eigenvalue weighted by molar-refractivity contribution is -0.146. The van der Waals surface area contributed by atoms with Crippen molar-refractivity contribution < 1.29 is 48.5 Å². The van der Waals surface area contributed by atoms with Crippen LogP contribution in [-0.4, -0.2) is 124 Å². The van der Waals surface area contributed by atoms with Crippen LogP contribution in [0.25, 0.3) is 10.9 Å². The number of amides is 5. The number of piperazine rings is 1. The molecule has 3 heterocycles. The number of carbonyl (C=O) groups excluding carboxylic acids is 5. The summed E-state index contributed by atoms with van der Waals surface area (Å²) in [6.45, 7) is 2.23. The SMILES string of the molecule is CCOC(=O)N1CCN(C(=O)C(CCC(=O)O)NC(=O)c2cc(OCC(=O)N3CCC(O)C3=O)c3ccccc3n2)CC1. The molecule has 4 rings (SSSR count). The highest BCUT2D eigenvalue weighted by molar-refractivity contribution is 6.01. The summed E-state index contributed by atoms with van der Waals surface area (Å²) in [5.74, 6) is -3.65. The van der Waals surface area contributed by atoms with E-state index in [-0.39, 0.29) is 70.0 Å². The van der Waals surface area contributed by atoms with Crippen LogP contribution in [0.5, 0.6) is 5.75 Å². The number of imide groups is 1. The molecule has 15 heteroatoms. The van der Waals surface area contributed by atoms with Crippen LogP contribution in [0, 0.1) is 0 Å². The van der Waals surface area contributed by atoms with Gasteiger partial charge in [0.15, 0.2) is 6.61 Å². The predicted molar refractivity (Wildman–Crippen MR) is 148 cm³/mol. The summed E-state index contributed by atoms with van der Waals surface area (Å²) < 4.78 is 10.7. The van der Waals surface area contributed by atoms with Crippen molar-refractivity contribution in [3.05, 3.63) is 36.0 Å². The van der Waals surface area contributed by atoms with Gasteiger partial charge in [-0.05, 0) is 25.5 Å². The highest BCUT2D eigenvalue weighted by Gasteiger charge is 2.35. The Morgan fingerprint density at radius 3 is 2.42 bits per heavy atom. The van der Waals surface area contributed by atoms with Crippen molar-refractivity contribution in [1.29, 1.82) is 0 Å². The number of para-hydroxylation sites is 1. The van der Waals surface area contributed by atoms with Crippen molar-refractivity contribution in [2.24, 2.45) is 0 Å². The third-order valence-electron chi connectivity index (χ3n) is 7.11. The molecule has 230 valence electrons. The summed E-state index contributed by atoms with van der Waals surface area (Å²) in [5, 5.41) is 21.9. The van der Waals surface area contributed by atoms with Gasteiger partial charge in [-0.25, -0.2) is 9.78 Å². The van der Waals surface area contributed by atoms with Crippen LogP contribution in [0.2, 0.25) is 0 Å². The number of benzene rings is 1. The van der Waals surface area contributed by atoms with Gasteiger partial charge in [-0.2, -0.15) is 0 Å². The summed E-state index contributed by atoms with van der Waals surface area (Å²) in [6.07, 6.45) is -2.16. The molecule has 2 aliphatic rings. The summed E-state index contributed by atoms with van der Waals surface area (Å²) in [6, 6.07) is 6.79. The average molecular weight is 600 g/mol. The van der Waals surface area contributed by atoms with E-state index in [4.69, 9.17) is 9.47 Å². The molecule has 2 unspecified atom stereocenters. The Labute approximate surface area is 246 Å². The van der Waals surface area contributed by atoms with E-state index in [2.05, 4.69) is 10.3 Å². The van der Waals surface area contributed by atoms with Crippen molar-refractivity contribution in [3.63, 3.8) is 0 Å². The third-order valence-corrected chi connectivity index (χ3v) is 7.11. The second-order valence-corrected chi connectivity index (χ2v) is 9.97. The lowest BCUT2D eigenvalue weighted by Crippen LogP contribution is -2.56. The summed E-state index contributed by atoms with van der Waals surface area (Å²) in [4.78, 5) is 82.8. The third kappa shape index (κ3) is 7.54. The Hall–Kier alpha value is -4.79. The molecule has 2 atom stereocenters. The first-order valence-corrected chi connectivity index (χ1v) is 13.9. The molecule has 0 aliphatic carbocycles. The predicted octanol–water partition coefficient (Wildman–Crippen LogP) is -0.00270. The van der Waals surface area contributed by atoms with Crippen molar-refractivity contribution in [2.45, 2.75) is 38.3 Å².